The lowest BCUT2D eigenvalue weighted by Crippen LogP contribution is -2.20. The molecule has 1 rings (SSSR count). The van der Waals surface area contributed by atoms with E-state index in [0.29, 0.717) is 13.3 Å². The average Bonchev–Trinajstić information content (AvgIpc) is 2.29. The molecule has 3 nitrogen and oxygen atoms in total. The fraction of sp³-hybridized carbons (Fsp3) is 0.417. The Bertz CT molecular complexity index is 274. The molecule has 0 heterocycles. The second-order valence-corrected chi connectivity index (χ2v) is 3.49. The number of hydrogen-bond donors (Lipinski definition) is 0. The second-order valence-electron chi connectivity index (χ2n) is 3.49. The number of benzene rings is 1. The van der Waals surface area contributed by atoms with E-state index in [0.717, 1.165) is 19.3 Å². The van der Waals surface area contributed by atoms with Crippen LogP contribution in [0.4, 0.5) is 0 Å². The zero-order chi connectivity index (χ0) is 10.9. The van der Waals surface area contributed by atoms with Crippen LogP contribution in [-0.4, -0.2) is 31.7 Å². The van der Waals surface area contributed by atoms with Crippen LogP contribution >= 0.6 is 0 Å². The highest BCUT2D eigenvalue weighted by atomic mass is 16.5. The zero-order valence-corrected chi connectivity index (χ0v) is 9.06. The smallest absolute Gasteiger partial charge is 0.211 e. The van der Waals surface area contributed by atoms with Crippen molar-refractivity contribution < 1.29 is 9.53 Å². The van der Waals surface area contributed by atoms with Gasteiger partial charge in [0.25, 0.3) is 0 Å². The molecule has 82 valence electrons. The molecule has 0 aromatic heterocycles. The number of nitrogens with zero attached hydrogens (tertiary/aromatic N) is 1. The van der Waals surface area contributed by atoms with Crippen LogP contribution in [0.15, 0.2) is 30.3 Å². The number of rotatable bonds is 7. The molecule has 15 heavy (non-hydrogen) atoms. The van der Waals surface area contributed by atoms with Gasteiger partial charge in [-0.25, -0.2) is 0 Å². The van der Waals surface area contributed by atoms with E-state index in [1.165, 1.54) is 10.5 Å². The summed E-state index contributed by atoms with van der Waals surface area (Å²) in [5.41, 5.74) is 1.32. The molecule has 0 aliphatic rings. The fourth-order valence-corrected chi connectivity index (χ4v) is 1.26. The summed E-state index contributed by atoms with van der Waals surface area (Å²) in [6.45, 7) is 1.06. The Hall–Kier alpha value is -1.35. The minimum Gasteiger partial charge on any atom is -0.361 e. The van der Waals surface area contributed by atoms with Crippen molar-refractivity contribution in [1.29, 1.82) is 0 Å². The topological polar surface area (TPSA) is 29.5 Å². The van der Waals surface area contributed by atoms with Crippen molar-refractivity contribution in [3.8, 4) is 0 Å². The van der Waals surface area contributed by atoms with Gasteiger partial charge in [0.2, 0.25) is 6.41 Å². The van der Waals surface area contributed by atoms with Crippen molar-refractivity contribution >= 4 is 6.41 Å². The number of aryl methyl sites for hydroxylation is 1. The lowest BCUT2D eigenvalue weighted by atomic mass is 10.1. The van der Waals surface area contributed by atoms with E-state index in [9.17, 15) is 4.79 Å². The van der Waals surface area contributed by atoms with Gasteiger partial charge >= 0.3 is 0 Å². The first-order valence-corrected chi connectivity index (χ1v) is 5.10. The van der Waals surface area contributed by atoms with Crippen molar-refractivity contribution in [2.24, 2.45) is 0 Å². The highest BCUT2D eigenvalue weighted by Crippen LogP contribution is 2.02. The molecule has 0 aliphatic heterocycles. The monoisotopic (exact) mass is 207 g/mol. The number of hydrogen-bond acceptors (Lipinski definition) is 2. The van der Waals surface area contributed by atoms with Crippen molar-refractivity contribution in [2.75, 3.05) is 20.4 Å². The van der Waals surface area contributed by atoms with Gasteiger partial charge in [0.15, 0.2) is 0 Å². The third-order valence-electron chi connectivity index (χ3n) is 2.07. The average molecular weight is 207 g/mol. The normalized spacial score (nSPS) is 9.93. The van der Waals surface area contributed by atoms with Gasteiger partial charge in [-0.05, 0) is 18.4 Å². The van der Waals surface area contributed by atoms with Crippen LogP contribution in [0.25, 0.3) is 0 Å². The minimum atomic E-state index is 0.373. The second kappa shape index (κ2) is 7.01. The highest BCUT2D eigenvalue weighted by molar-refractivity contribution is 5.45. The predicted molar refractivity (Wildman–Crippen MR) is 59.4 cm³/mol. The highest BCUT2D eigenvalue weighted by Gasteiger charge is 1.94. The third kappa shape index (κ3) is 5.18. The van der Waals surface area contributed by atoms with Crippen LogP contribution in [0.5, 0.6) is 0 Å². The summed E-state index contributed by atoms with van der Waals surface area (Å²) in [6, 6.07) is 10.3. The Morgan fingerprint density at radius 1 is 1.33 bits per heavy atom. The molecule has 0 fully saturated rings. The van der Waals surface area contributed by atoms with Crippen molar-refractivity contribution in [2.45, 2.75) is 12.8 Å². The fourth-order valence-electron chi connectivity index (χ4n) is 1.26. The number of amides is 1. The largest absolute Gasteiger partial charge is 0.361 e. The summed E-state index contributed by atoms with van der Waals surface area (Å²) >= 11 is 0. The van der Waals surface area contributed by atoms with Crippen LogP contribution in [0.1, 0.15) is 12.0 Å². The first-order valence-electron chi connectivity index (χ1n) is 5.10. The molecule has 0 saturated carbocycles. The van der Waals surface area contributed by atoms with Gasteiger partial charge in [-0.15, -0.1) is 0 Å². The van der Waals surface area contributed by atoms with Crippen LogP contribution in [0, 0.1) is 0 Å². The summed E-state index contributed by atoms with van der Waals surface area (Å²) < 4.78 is 5.30. The maximum atomic E-state index is 10.2. The Labute approximate surface area is 90.7 Å². The van der Waals surface area contributed by atoms with E-state index in [1.807, 2.05) is 18.2 Å². The lowest BCUT2D eigenvalue weighted by Gasteiger charge is -2.10. The molecule has 1 aromatic rings. The van der Waals surface area contributed by atoms with Crippen LogP contribution in [-0.2, 0) is 16.0 Å². The Morgan fingerprint density at radius 3 is 2.73 bits per heavy atom. The summed E-state index contributed by atoms with van der Waals surface area (Å²) in [5.74, 6) is 0. The SMILES string of the molecule is CN(C=O)COCCCc1ccccc1. The summed E-state index contributed by atoms with van der Waals surface area (Å²) in [4.78, 5) is 11.7. The Morgan fingerprint density at radius 2 is 2.07 bits per heavy atom. The van der Waals surface area contributed by atoms with Crippen LogP contribution < -0.4 is 0 Å². The lowest BCUT2D eigenvalue weighted by molar-refractivity contribution is -0.121. The Balaban J connectivity index is 2.05. The number of carbonyl (C=O) groups is 1. The molecule has 0 saturated heterocycles. The summed E-state index contributed by atoms with van der Waals surface area (Å²) in [7, 11) is 1.70. The van der Waals surface area contributed by atoms with Crippen molar-refractivity contribution in [3.63, 3.8) is 0 Å². The van der Waals surface area contributed by atoms with E-state index in [4.69, 9.17) is 4.74 Å². The van der Waals surface area contributed by atoms with Gasteiger partial charge in [-0.1, -0.05) is 30.3 Å². The molecular formula is C12H17NO2. The molecule has 0 bridgehead atoms. The molecular weight excluding hydrogens is 190 g/mol. The Kier molecular flexibility index (Phi) is 5.48. The van der Waals surface area contributed by atoms with Gasteiger partial charge in [-0.3, -0.25) is 4.79 Å². The van der Waals surface area contributed by atoms with Crippen LogP contribution in [0.3, 0.4) is 0 Å². The van der Waals surface area contributed by atoms with Crippen molar-refractivity contribution in [3.05, 3.63) is 35.9 Å². The minimum absolute atomic E-state index is 0.373. The quantitative estimate of drug-likeness (QED) is 0.387. The zero-order valence-electron chi connectivity index (χ0n) is 9.06. The first-order chi connectivity index (χ1) is 7.33. The molecule has 0 aliphatic carbocycles. The molecule has 0 unspecified atom stereocenters. The molecule has 3 heteroatoms. The maximum absolute atomic E-state index is 10.2. The molecule has 0 N–H and O–H groups in total. The van der Waals surface area contributed by atoms with Crippen molar-refractivity contribution in [1.82, 2.24) is 4.90 Å². The van der Waals surface area contributed by atoms with E-state index in [1.54, 1.807) is 7.05 Å². The summed E-state index contributed by atoms with van der Waals surface area (Å²) in [6.07, 6.45) is 2.76. The molecule has 0 radical (unpaired) electrons. The molecule has 1 aromatic carbocycles. The molecule has 0 spiro atoms. The molecule has 1 amide bonds. The van der Waals surface area contributed by atoms with Gasteiger partial charge in [0.1, 0.15) is 6.73 Å². The summed E-state index contributed by atoms with van der Waals surface area (Å²) in [5, 5.41) is 0. The van der Waals surface area contributed by atoms with Gasteiger partial charge in [-0.2, -0.15) is 0 Å². The number of carbonyl (C=O) groups excluding carboxylic acids is 1. The van der Waals surface area contributed by atoms with E-state index in [2.05, 4.69) is 12.1 Å². The maximum Gasteiger partial charge on any atom is 0.211 e. The molecule has 0 atom stereocenters. The van der Waals surface area contributed by atoms with Crippen LogP contribution in [0.2, 0.25) is 0 Å². The van der Waals surface area contributed by atoms with Gasteiger partial charge in [0.05, 0.1) is 0 Å². The first kappa shape index (κ1) is 11.7. The van der Waals surface area contributed by atoms with E-state index in [-0.39, 0.29) is 0 Å². The van der Waals surface area contributed by atoms with Gasteiger partial charge < -0.3 is 9.64 Å². The predicted octanol–water partition coefficient (Wildman–Crippen LogP) is 1.68. The van der Waals surface area contributed by atoms with E-state index >= 15 is 0 Å². The van der Waals surface area contributed by atoms with Gasteiger partial charge in [0, 0.05) is 13.7 Å². The standard InChI is InChI=1S/C12H17NO2/c1-13(10-14)11-15-9-5-8-12-6-3-2-4-7-12/h2-4,6-7,10H,5,8-9,11H2,1H3. The number of ether oxygens (including phenoxy) is 1. The third-order valence-corrected chi connectivity index (χ3v) is 2.07. The van der Waals surface area contributed by atoms with E-state index < -0.39 is 0 Å².